The van der Waals surface area contributed by atoms with Gasteiger partial charge in [-0.15, -0.1) is 0 Å². The average molecular weight is 324 g/mol. The van der Waals surface area contributed by atoms with Crippen molar-refractivity contribution in [2.75, 3.05) is 0 Å². The second kappa shape index (κ2) is 7.25. The standard InChI is InChI=1S/C19H20N2O3/c22-18(15-7-9-17(19(23)24)20-12-15)21-16-8-6-14(11-16)10-13-4-2-1-3-5-13/h1-5,7,9,12,14,16H,6,8,10-11H2,(H,21,22)(H,23,24). The van der Waals surface area contributed by atoms with E-state index in [0.717, 1.165) is 25.7 Å². The van der Waals surface area contributed by atoms with Gasteiger partial charge in [0, 0.05) is 12.2 Å². The lowest BCUT2D eigenvalue weighted by molar-refractivity contribution is 0.0689. The first kappa shape index (κ1) is 16.2. The van der Waals surface area contributed by atoms with Gasteiger partial charge >= 0.3 is 5.97 Å². The summed E-state index contributed by atoms with van der Waals surface area (Å²) >= 11 is 0. The van der Waals surface area contributed by atoms with E-state index in [1.54, 1.807) is 0 Å². The summed E-state index contributed by atoms with van der Waals surface area (Å²) in [4.78, 5) is 26.8. The molecule has 3 rings (SSSR count). The molecule has 0 radical (unpaired) electrons. The predicted octanol–water partition coefficient (Wildman–Crippen LogP) is 2.92. The predicted molar refractivity (Wildman–Crippen MR) is 89.9 cm³/mol. The van der Waals surface area contributed by atoms with E-state index in [4.69, 9.17) is 5.11 Å². The van der Waals surface area contributed by atoms with E-state index < -0.39 is 5.97 Å². The smallest absolute Gasteiger partial charge is 0.354 e. The van der Waals surface area contributed by atoms with Gasteiger partial charge in [0.05, 0.1) is 5.56 Å². The van der Waals surface area contributed by atoms with Gasteiger partial charge in [-0.1, -0.05) is 30.3 Å². The summed E-state index contributed by atoms with van der Waals surface area (Å²) in [6.45, 7) is 0. The second-order valence-corrected chi connectivity index (χ2v) is 6.28. The largest absolute Gasteiger partial charge is 0.477 e. The number of hydrogen-bond donors (Lipinski definition) is 2. The third-order valence-corrected chi connectivity index (χ3v) is 4.49. The fourth-order valence-electron chi connectivity index (χ4n) is 3.26. The van der Waals surface area contributed by atoms with E-state index in [9.17, 15) is 9.59 Å². The SMILES string of the molecule is O=C(NC1CCC(Cc2ccccc2)C1)c1ccc(C(=O)O)nc1. The van der Waals surface area contributed by atoms with Gasteiger partial charge in [0.1, 0.15) is 5.69 Å². The number of nitrogens with one attached hydrogen (secondary N) is 1. The molecule has 24 heavy (non-hydrogen) atoms. The van der Waals surface area contributed by atoms with Crippen molar-refractivity contribution in [3.05, 3.63) is 65.5 Å². The molecule has 1 heterocycles. The minimum absolute atomic E-state index is 0.0599. The summed E-state index contributed by atoms with van der Waals surface area (Å²) in [5, 5.41) is 11.9. The van der Waals surface area contributed by atoms with E-state index in [0.29, 0.717) is 11.5 Å². The molecular formula is C19H20N2O3. The maximum absolute atomic E-state index is 12.2. The van der Waals surface area contributed by atoms with Crippen LogP contribution in [0, 0.1) is 5.92 Å². The number of carbonyl (C=O) groups is 2. The molecule has 5 nitrogen and oxygen atoms in total. The lowest BCUT2D eigenvalue weighted by Crippen LogP contribution is -2.33. The first-order chi connectivity index (χ1) is 11.6. The highest BCUT2D eigenvalue weighted by Crippen LogP contribution is 2.28. The number of aromatic carboxylic acids is 1. The number of amides is 1. The molecule has 2 atom stereocenters. The number of aromatic nitrogens is 1. The van der Waals surface area contributed by atoms with Gasteiger partial charge in [-0.3, -0.25) is 4.79 Å². The zero-order valence-corrected chi connectivity index (χ0v) is 13.3. The van der Waals surface area contributed by atoms with E-state index in [2.05, 4.69) is 34.6 Å². The van der Waals surface area contributed by atoms with Crippen LogP contribution in [0.15, 0.2) is 48.7 Å². The Balaban J connectivity index is 1.53. The van der Waals surface area contributed by atoms with Crippen LogP contribution >= 0.6 is 0 Å². The summed E-state index contributed by atoms with van der Waals surface area (Å²) in [6, 6.07) is 13.4. The highest BCUT2D eigenvalue weighted by atomic mass is 16.4. The fraction of sp³-hybridized carbons (Fsp3) is 0.316. The number of hydrogen-bond acceptors (Lipinski definition) is 3. The Kier molecular flexibility index (Phi) is 4.89. The van der Waals surface area contributed by atoms with Gasteiger partial charge in [-0.2, -0.15) is 0 Å². The Morgan fingerprint density at radius 2 is 1.92 bits per heavy atom. The average Bonchev–Trinajstić information content (AvgIpc) is 3.02. The molecule has 2 unspecified atom stereocenters. The van der Waals surface area contributed by atoms with E-state index in [-0.39, 0.29) is 17.6 Å². The van der Waals surface area contributed by atoms with Gasteiger partial charge in [0.15, 0.2) is 0 Å². The molecule has 0 saturated heterocycles. The van der Waals surface area contributed by atoms with Crippen LogP contribution < -0.4 is 5.32 Å². The molecule has 1 aromatic heterocycles. The van der Waals surface area contributed by atoms with Crippen LogP contribution in [0.3, 0.4) is 0 Å². The first-order valence-electron chi connectivity index (χ1n) is 8.16. The molecule has 5 heteroatoms. The lowest BCUT2D eigenvalue weighted by Gasteiger charge is -2.13. The highest BCUT2D eigenvalue weighted by Gasteiger charge is 2.26. The maximum atomic E-state index is 12.2. The van der Waals surface area contributed by atoms with Crippen LogP contribution in [-0.2, 0) is 6.42 Å². The summed E-state index contributed by atoms with van der Waals surface area (Å²) in [5.74, 6) is -0.698. The molecule has 1 saturated carbocycles. The molecule has 124 valence electrons. The highest BCUT2D eigenvalue weighted by molar-refractivity contribution is 5.95. The molecule has 0 aliphatic heterocycles. The number of pyridine rings is 1. The zero-order chi connectivity index (χ0) is 16.9. The van der Waals surface area contributed by atoms with Crippen molar-refractivity contribution in [2.45, 2.75) is 31.7 Å². The number of benzene rings is 1. The van der Waals surface area contributed by atoms with Gasteiger partial charge in [-0.25, -0.2) is 9.78 Å². The normalized spacial score (nSPS) is 19.8. The molecule has 1 aliphatic rings. The van der Waals surface area contributed by atoms with E-state index in [1.165, 1.54) is 23.9 Å². The third-order valence-electron chi connectivity index (χ3n) is 4.49. The van der Waals surface area contributed by atoms with Crippen molar-refractivity contribution in [2.24, 2.45) is 5.92 Å². The van der Waals surface area contributed by atoms with Crippen LogP contribution in [0.4, 0.5) is 0 Å². The quantitative estimate of drug-likeness (QED) is 0.886. The number of rotatable bonds is 5. The molecule has 0 bridgehead atoms. The van der Waals surface area contributed by atoms with Gasteiger partial charge < -0.3 is 10.4 Å². The van der Waals surface area contributed by atoms with Crippen molar-refractivity contribution < 1.29 is 14.7 Å². The molecule has 1 amide bonds. The number of carboxylic acid groups (broad SMARTS) is 1. The molecule has 0 spiro atoms. The molecular weight excluding hydrogens is 304 g/mol. The van der Waals surface area contributed by atoms with Crippen LogP contribution in [0.2, 0.25) is 0 Å². The molecule has 1 fully saturated rings. The topological polar surface area (TPSA) is 79.3 Å². The van der Waals surface area contributed by atoms with Crippen LogP contribution in [0.1, 0.15) is 45.7 Å². The monoisotopic (exact) mass is 324 g/mol. The van der Waals surface area contributed by atoms with Gasteiger partial charge in [-0.05, 0) is 49.3 Å². The van der Waals surface area contributed by atoms with Crippen molar-refractivity contribution in [3.63, 3.8) is 0 Å². The number of nitrogens with zero attached hydrogens (tertiary/aromatic N) is 1. The molecule has 1 aliphatic carbocycles. The molecule has 2 N–H and O–H groups in total. The van der Waals surface area contributed by atoms with Crippen LogP contribution in [0.5, 0.6) is 0 Å². The Morgan fingerprint density at radius 1 is 1.12 bits per heavy atom. The molecule has 1 aromatic carbocycles. The maximum Gasteiger partial charge on any atom is 0.354 e. The summed E-state index contributed by atoms with van der Waals surface area (Å²) in [5.41, 5.74) is 1.67. The van der Waals surface area contributed by atoms with Gasteiger partial charge in [0.25, 0.3) is 5.91 Å². The van der Waals surface area contributed by atoms with Crippen LogP contribution in [-0.4, -0.2) is 28.0 Å². The van der Waals surface area contributed by atoms with Crippen molar-refractivity contribution in [1.29, 1.82) is 0 Å². The van der Waals surface area contributed by atoms with Crippen LogP contribution in [0.25, 0.3) is 0 Å². The van der Waals surface area contributed by atoms with Crippen molar-refractivity contribution in [3.8, 4) is 0 Å². The van der Waals surface area contributed by atoms with E-state index >= 15 is 0 Å². The zero-order valence-electron chi connectivity index (χ0n) is 13.3. The third kappa shape index (κ3) is 3.98. The Hall–Kier alpha value is -2.69. The van der Waals surface area contributed by atoms with Gasteiger partial charge in [0.2, 0.25) is 0 Å². The number of carboxylic acids is 1. The lowest BCUT2D eigenvalue weighted by atomic mass is 9.98. The minimum Gasteiger partial charge on any atom is -0.477 e. The summed E-state index contributed by atoms with van der Waals surface area (Å²) < 4.78 is 0. The summed E-state index contributed by atoms with van der Waals surface area (Å²) in [6.07, 6.45) is 5.42. The Labute approximate surface area is 140 Å². The Bertz CT molecular complexity index is 713. The number of carbonyl (C=O) groups excluding carboxylic acids is 1. The minimum atomic E-state index is -1.10. The first-order valence-corrected chi connectivity index (χ1v) is 8.16. The van der Waals surface area contributed by atoms with Crippen molar-refractivity contribution >= 4 is 11.9 Å². The summed E-state index contributed by atoms with van der Waals surface area (Å²) in [7, 11) is 0. The van der Waals surface area contributed by atoms with E-state index in [1.807, 2.05) is 6.07 Å². The Morgan fingerprint density at radius 3 is 2.58 bits per heavy atom. The van der Waals surface area contributed by atoms with Crippen molar-refractivity contribution in [1.82, 2.24) is 10.3 Å². The fourth-order valence-corrected chi connectivity index (χ4v) is 3.26. The molecule has 2 aromatic rings. The second-order valence-electron chi connectivity index (χ2n) is 6.28.